The van der Waals surface area contributed by atoms with Gasteiger partial charge >= 0.3 is 6.18 Å². The Bertz CT molecular complexity index is 989. The Balaban J connectivity index is 1.94. The zero-order valence-electron chi connectivity index (χ0n) is 13.3. The largest absolute Gasteiger partial charge is 0.416 e. The smallest absolute Gasteiger partial charge is 0.268 e. The van der Waals surface area contributed by atoms with Crippen LogP contribution in [0, 0.1) is 10.1 Å². The Hall–Kier alpha value is -2.72. The van der Waals surface area contributed by atoms with E-state index in [-0.39, 0.29) is 20.6 Å². The fourth-order valence-corrected chi connectivity index (χ4v) is 3.69. The topological polar surface area (TPSA) is 63.4 Å². The van der Waals surface area contributed by atoms with Gasteiger partial charge in [0.15, 0.2) is 4.32 Å². The molecule has 0 aliphatic carbocycles. The number of amides is 1. The number of carbonyl (C=O) groups excluding carboxylic acids is 1. The average Bonchev–Trinajstić information content (AvgIpc) is 2.88. The lowest BCUT2D eigenvalue weighted by Crippen LogP contribution is -2.27. The van der Waals surface area contributed by atoms with Crippen molar-refractivity contribution < 1.29 is 22.9 Å². The number of alkyl halides is 3. The summed E-state index contributed by atoms with van der Waals surface area (Å²) < 4.78 is 38.8. The van der Waals surface area contributed by atoms with Gasteiger partial charge in [0, 0.05) is 12.1 Å². The highest BCUT2D eigenvalue weighted by atomic mass is 32.2. The van der Waals surface area contributed by atoms with Gasteiger partial charge in [-0.3, -0.25) is 19.8 Å². The molecule has 138 valence electrons. The molecular formula is C17H9F3N2O3S2. The van der Waals surface area contributed by atoms with Crippen molar-refractivity contribution in [1.29, 1.82) is 0 Å². The minimum Gasteiger partial charge on any atom is -0.268 e. The number of nitro groups is 1. The molecule has 1 aliphatic rings. The second-order valence-corrected chi connectivity index (χ2v) is 7.09. The Kier molecular flexibility index (Phi) is 5.03. The third-order valence-electron chi connectivity index (χ3n) is 3.60. The molecule has 1 aliphatic heterocycles. The number of nitrogens with zero attached hydrogens (tertiary/aromatic N) is 2. The van der Waals surface area contributed by atoms with Crippen molar-refractivity contribution in [2.75, 3.05) is 4.90 Å². The molecule has 0 atom stereocenters. The van der Waals surface area contributed by atoms with Crippen LogP contribution >= 0.6 is 24.0 Å². The van der Waals surface area contributed by atoms with E-state index in [2.05, 4.69) is 0 Å². The molecule has 2 aromatic carbocycles. The van der Waals surface area contributed by atoms with Gasteiger partial charge in [-0.05, 0) is 29.8 Å². The summed E-state index contributed by atoms with van der Waals surface area (Å²) >= 11 is 6.05. The maximum Gasteiger partial charge on any atom is 0.416 e. The van der Waals surface area contributed by atoms with E-state index in [0.717, 1.165) is 28.8 Å². The number of hydrogen-bond acceptors (Lipinski definition) is 5. The van der Waals surface area contributed by atoms with E-state index in [0.29, 0.717) is 5.56 Å². The summed E-state index contributed by atoms with van der Waals surface area (Å²) in [7, 11) is 0. The first-order valence-corrected chi connectivity index (χ1v) is 8.59. The highest BCUT2D eigenvalue weighted by Crippen LogP contribution is 2.38. The van der Waals surface area contributed by atoms with Crippen LogP contribution in [0.5, 0.6) is 0 Å². The lowest BCUT2D eigenvalue weighted by Gasteiger charge is -2.16. The summed E-state index contributed by atoms with van der Waals surface area (Å²) in [6.45, 7) is 0. The standard InChI is InChI=1S/C17H9F3N2O3S2/c18-17(19,20)11-4-2-5-12(9-11)21-15(23)14(27-16(21)26)8-10-3-1-6-13(7-10)22(24)25/h1-9H. The molecule has 0 spiro atoms. The number of anilines is 1. The van der Waals surface area contributed by atoms with Crippen LogP contribution in [0.15, 0.2) is 53.4 Å². The van der Waals surface area contributed by atoms with E-state index in [1.54, 1.807) is 6.07 Å². The number of rotatable bonds is 3. The van der Waals surface area contributed by atoms with E-state index in [1.165, 1.54) is 36.4 Å². The highest BCUT2D eigenvalue weighted by molar-refractivity contribution is 8.27. The van der Waals surface area contributed by atoms with Crippen LogP contribution in [-0.4, -0.2) is 15.2 Å². The number of nitro benzene ring substituents is 1. The Morgan fingerprint density at radius 2 is 1.85 bits per heavy atom. The molecule has 0 N–H and O–H groups in total. The molecule has 2 aromatic rings. The van der Waals surface area contributed by atoms with E-state index in [1.807, 2.05) is 0 Å². The van der Waals surface area contributed by atoms with E-state index in [9.17, 15) is 28.1 Å². The number of thioether (sulfide) groups is 1. The van der Waals surface area contributed by atoms with Gasteiger partial charge in [-0.25, -0.2) is 0 Å². The second-order valence-electron chi connectivity index (χ2n) is 5.42. The van der Waals surface area contributed by atoms with Gasteiger partial charge in [0.2, 0.25) is 0 Å². The monoisotopic (exact) mass is 410 g/mol. The summed E-state index contributed by atoms with van der Waals surface area (Å²) in [4.78, 5) is 24.1. The zero-order chi connectivity index (χ0) is 19.8. The van der Waals surface area contributed by atoms with Crippen molar-refractivity contribution >= 4 is 51.7 Å². The van der Waals surface area contributed by atoms with Gasteiger partial charge in [0.1, 0.15) is 0 Å². The fraction of sp³-hybridized carbons (Fsp3) is 0.0588. The second kappa shape index (κ2) is 7.12. The minimum atomic E-state index is -4.55. The van der Waals surface area contributed by atoms with Gasteiger partial charge in [-0.1, -0.05) is 42.2 Å². The first-order valence-electron chi connectivity index (χ1n) is 7.36. The van der Waals surface area contributed by atoms with Gasteiger partial charge in [0.25, 0.3) is 11.6 Å². The van der Waals surface area contributed by atoms with Crippen LogP contribution in [0.4, 0.5) is 24.5 Å². The van der Waals surface area contributed by atoms with Crippen molar-refractivity contribution in [2.45, 2.75) is 6.18 Å². The van der Waals surface area contributed by atoms with Crippen molar-refractivity contribution in [1.82, 2.24) is 0 Å². The van der Waals surface area contributed by atoms with Crippen molar-refractivity contribution in [2.24, 2.45) is 0 Å². The molecule has 0 aromatic heterocycles. The first-order chi connectivity index (χ1) is 12.7. The lowest BCUT2D eigenvalue weighted by molar-refractivity contribution is -0.384. The van der Waals surface area contributed by atoms with E-state index >= 15 is 0 Å². The van der Waals surface area contributed by atoms with Gasteiger partial charge in [0.05, 0.1) is 21.1 Å². The Labute approximate surface area is 160 Å². The summed E-state index contributed by atoms with van der Waals surface area (Å²) in [5, 5.41) is 10.8. The molecule has 5 nitrogen and oxygen atoms in total. The normalized spacial score (nSPS) is 16.3. The first kappa shape index (κ1) is 19.1. The van der Waals surface area contributed by atoms with Crippen LogP contribution in [0.3, 0.4) is 0 Å². The molecule has 1 fully saturated rings. The molecule has 1 heterocycles. The van der Waals surface area contributed by atoms with Crippen molar-refractivity contribution in [3.05, 3.63) is 74.7 Å². The molecular weight excluding hydrogens is 401 g/mol. The van der Waals surface area contributed by atoms with Crippen LogP contribution < -0.4 is 4.90 Å². The van der Waals surface area contributed by atoms with Gasteiger partial charge in [-0.2, -0.15) is 13.2 Å². The molecule has 3 rings (SSSR count). The SMILES string of the molecule is O=C1C(=Cc2cccc([N+](=O)[O-])c2)SC(=S)N1c1cccc(C(F)(F)F)c1. The number of halogens is 3. The number of benzene rings is 2. The molecule has 0 unspecified atom stereocenters. The minimum absolute atomic E-state index is 0.00904. The fourth-order valence-electron chi connectivity index (χ4n) is 2.39. The highest BCUT2D eigenvalue weighted by Gasteiger charge is 2.36. The van der Waals surface area contributed by atoms with Crippen LogP contribution in [-0.2, 0) is 11.0 Å². The molecule has 0 saturated carbocycles. The maximum absolute atomic E-state index is 12.9. The maximum atomic E-state index is 12.9. The predicted molar refractivity (Wildman–Crippen MR) is 100 cm³/mol. The number of carbonyl (C=O) groups is 1. The van der Waals surface area contributed by atoms with E-state index < -0.39 is 22.6 Å². The Morgan fingerprint density at radius 1 is 1.15 bits per heavy atom. The lowest BCUT2D eigenvalue weighted by atomic mass is 10.1. The predicted octanol–water partition coefficient (Wildman–Crippen LogP) is 5.02. The van der Waals surface area contributed by atoms with Gasteiger partial charge < -0.3 is 0 Å². The van der Waals surface area contributed by atoms with E-state index in [4.69, 9.17) is 12.2 Å². The molecule has 10 heteroatoms. The van der Waals surface area contributed by atoms with Crippen LogP contribution in [0.1, 0.15) is 11.1 Å². The Morgan fingerprint density at radius 3 is 2.52 bits per heavy atom. The molecule has 1 saturated heterocycles. The summed E-state index contributed by atoms with van der Waals surface area (Å²) in [6, 6.07) is 9.95. The quantitative estimate of drug-likeness (QED) is 0.308. The molecule has 0 bridgehead atoms. The zero-order valence-corrected chi connectivity index (χ0v) is 14.9. The number of hydrogen-bond donors (Lipinski definition) is 0. The number of non-ortho nitro benzene ring substituents is 1. The average molecular weight is 410 g/mol. The van der Waals surface area contributed by atoms with Crippen LogP contribution in [0.25, 0.3) is 6.08 Å². The van der Waals surface area contributed by atoms with Crippen molar-refractivity contribution in [3.63, 3.8) is 0 Å². The summed E-state index contributed by atoms with van der Waals surface area (Å²) in [5.74, 6) is -0.587. The van der Waals surface area contributed by atoms with Crippen LogP contribution in [0.2, 0.25) is 0 Å². The van der Waals surface area contributed by atoms with Crippen molar-refractivity contribution in [3.8, 4) is 0 Å². The third-order valence-corrected chi connectivity index (χ3v) is 4.91. The summed E-state index contributed by atoms with van der Waals surface area (Å²) in [5.41, 5.74) is -0.614. The molecule has 1 amide bonds. The summed E-state index contributed by atoms with van der Waals surface area (Å²) in [6.07, 6.45) is -3.13. The number of thiocarbonyl (C=S) groups is 1. The molecule has 0 radical (unpaired) electrons. The van der Waals surface area contributed by atoms with Gasteiger partial charge in [-0.15, -0.1) is 0 Å². The molecule has 27 heavy (non-hydrogen) atoms. The third kappa shape index (κ3) is 4.01.